The lowest BCUT2D eigenvalue weighted by Crippen LogP contribution is -2.38. The first kappa shape index (κ1) is 21.2. The number of carbonyl (C=O) groups excluding carboxylic acids is 1. The van der Waals surface area contributed by atoms with E-state index in [4.69, 9.17) is 4.74 Å². The minimum atomic E-state index is -0.373. The fraction of sp³-hybridized carbons (Fsp3) is 0.261. The van der Waals surface area contributed by atoms with Crippen molar-refractivity contribution in [2.45, 2.75) is 12.8 Å². The molecule has 0 bridgehead atoms. The van der Waals surface area contributed by atoms with Crippen LogP contribution < -0.4 is 10.1 Å². The van der Waals surface area contributed by atoms with E-state index in [2.05, 4.69) is 37.8 Å². The predicted octanol–water partition coefficient (Wildman–Crippen LogP) is 5.08. The summed E-state index contributed by atoms with van der Waals surface area (Å²) in [4.78, 5) is 22.1. The Hall–Kier alpha value is -3.00. The first-order chi connectivity index (χ1) is 15.0. The molecule has 1 aliphatic rings. The number of hydrogen-bond donors (Lipinski definition) is 1. The van der Waals surface area contributed by atoms with Crippen molar-refractivity contribution in [2.75, 3.05) is 25.0 Å². The molecule has 0 atom stereocenters. The predicted molar refractivity (Wildman–Crippen MR) is 122 cm³/mol. The van der Waals surface area contributed by atoms with Crippen LogP contribution in [-0.2, 0) is 4.79 Å². The van der Waals surface area contributed by atoms with Crippen molar-refractivity contribution < 1.29 is 13.9 Å². The summed E-state index contributed by atoms with van der Waals surface area (Å²) in [6, 6.07) is 10.4. The quantitative estimate of drug-likeness (QED) is 0.494. The summed E-state index contributed by atoms with van der Waals surface area (Å²) in [5.74, 6) is 1.25. The molecule has 1 saturated heterocycles. The van der Waals surface area contributed by atoms with Gasteiger partial charge in [0.2, 0.25) is 5.91 Å². The normalized spacial score (nSPS) is 14.5. The molecule has 8 heteroatoms. The molecular weight excluding hydrogens is 463 g/mol. The Morgan fingerprint density at radius 3 is 2.81 bits per heavy atom. The molecule has 1 aromatic heterocycles. The van der Waals surface area contributed by atoms with Gasteiger partial charge in [-0.1, -0.05) is 22.5 Å². The number of fused-ring (bicyclic) bond motifs is 1. The van der Waals surface area contributed by atoms with Gasteiger partial charge in [0.1, 0.15) is 23.7 Å². The molecule has 1 fully saturated rings. The molecule has 3 aromatic rings. The zero-order chi connectivity index (χ0) is 21.8. The molecule has 6 nitrogen and oxygen atoms in total. The lowest BCUT2D eigenvalue weighted by molar-refractivity contribution is -0.127. The molecule has 1 N–H and O–H groups in total. The summed E-state index contributed by atoms with van der Waals surface area (Å²) in [6.45, 7) is 5.58. The number of carbonyl (C=O) groups is 1. The van der Waals surface area contributed by atoms with Gasteiger partial charge in [-0.25, -0.2) is 14.4 Å². The standard InChI is InChI=1S/C23H22BrFN4O2/c1-2-22(30)29-9-7-15(8-10-29)13-31-17-4-5-18-21(12-17)26-14-27-23(18)28-20-6-3-16(24)11-19(20)25/h2-6,11-12,14-15H,1,7-10,13H2,(H,26,27,28). The molecule has 1 aliphatic heterocycles. The summed E-state index contributed by atoms with van der Waals surface area (Å²) >= 11 is 3.26. The minimum absolute atomic E-state index is 0.0130. The summed E-state index contributed by atoms with van der Waals surface area (Å²) < 4.78 is 20.8. The maximum Gasteiger partial charge on any atom is 0.245 e. The molecule has 0 aliphatic carbocycles. The Balaban J connectivity index is 1.42. The van der Waals surface area contributed by atoms with Crippen molar-refractivity contribution >= 4 is 44.2 Å². The summed E-state index contributed by atoms with van der Waals surface area (Å²) in [5.41, 5.74) is 1.05. The SMILES string of the molecule is C=CC(=O)N1CCC(COc2ccc3c(Nc4ccc(Br)cc4F)ncnc3c2)CC1. The van der Waals surface area contributed by atoms with Crippen molar-refractivity contribution in [3.8, 4) is 5.75 Å². The number of amides is 1. The van der Waals surface area contributed by atoms with Gasteiger partial charge < -0.3 is 15.0 Å². The molecule has 0 spiro atoms. The van der Waals surface area contributed by atoms with E-state index in [0.29, 0.717) is 34.0 Å². The molecule has 1 amide bonds. The number of likely N-dealkylation sites (tertiary alicyclic amines) is 1. The van der Waals surface area contributed by atoms with Crippen molar-refractivity contribution in [1.82, 2.24) is 14.9 Å². The van der Waals surface area contributed by atoms with E-state index < -0.39 is 0 Å². The third-order valence-electron chi connectivity index (χ3n) is 5.38. The summed E-state index contributed by atoms with van der Waals surface area (Å²) in [7, 11) is 0. The molecule has 0 saturated carbocycles. The molecule has 0 unspecified atom stereocenters. The smallest absolute Gasteiger partial charge is 0.245 e. The highest BCUT2D eigenvalue weighted by Crippen LogP contribution is 2.29. The maximum absolute atomic E-state index is 14.2. The highest BCUT2D eigenvalue weighted by Gasteiger charge is 2.21. The fourth-order valence-corrected chi connectivity index (χ4v) is 3.94. The van der Waals surface area contributed by atoms with E-state index in [-0.39, 0.29) is 11.7 Å². The number of benzene rings is 2. The second-order valence-electron chi connectivity index (χ2n) is 7.43. The maximum atomic E-state index is 14.2. The Kier molecular flexibility index (Phi) is 6.46. The summed E-state index contributed by atoms with van der Waals surface area (Å²) in [6.07, 6.45) is 4.61. The van der Waals surface area contributed by atoms with Gasteiger partial charge in [0.05, 0.1) is 17.8 Å². The number of piperidine rings is 1. The lowest BCUT2D eigenvalue weighted by atomic mass is 9.98. The second-order valence-corrected chi connectivity index (χ2v) is 8.35. The molecule has 160 valence electrons. The number of hydrogen-bond acceptors (Lipinski definition) is 5. The van der Waals surface area contributed by atoms with Crippen LogP contribution in [0.3, 0.4) is 0 Å². The fourth-order valence-electron chi connectivity index (χ4n) is 3.61. The van der Waals surface area contributed by atoms with Gasteiger partial charge in [0, 0.05) is 29.0 Å². The van der Waals surface area contributed by atoms with Crippen LogP contribution in [0.25, 0.3) is 10.9 Å². The lowest BCUT2D eigenvalue weighted by Gasteiger charge is -2.31. The van der Waals surface area contributed by atoms with E-state index >= 15 is 0 Å². The zero-order valence-electron chi connectivity index (χ0n) is 16.9. The number of ether oxygens (including phenoxy) is 1. The molecule has 2 heterocycles. The number of nitrogens with zero attached hydrogens (tertiary/aromatic N) is 3. The number of anilines is 2. The molecule has 2 aromatic carbocycles. The Morgan fingerprint density at radius 1 is 1.26 bits per heavy atom. The highest BCUT2D eigenvalue weighted by molar-refractivity contribution is 9.10. The third-order valence-corrected chi connectivity index (χ3v) is 5.87. The van der Waals surface area contributed by atoms with Crippen LogP contribution in [0, 0.1) is 11.7 Å². The largest absolute Gasteiger partial charge is 0.493 e. The van der Waals surface area contributed by atoms with Crippen LogP contribution in [0.5, 0.6) is 5.75 Å². The first-order valence-corrected chi connectivity index (χ1v) is 10.8. The highest BCUT2D eigenvalue weighted by atomic mass is 79.9. The Morgan fingerprint density at radius 2 is 2.06 bits per heavy atom. The van der Waals surface area contributed by atoms with Crippen molar-refractivity contribution in [3.63, 3.8) is 0 Å². The van der Waals surface area contributed by atoms with Gasteiger partial charge in [-0.05, 0) is 55.2 Å². The molecule has 31 heavy (non-hydrogen) atoms. The zero-order valence-corrected chi connectivity index (χ0v) is 18.4. The minimum Gasteiger partial charge on any atom is -0.493 e. The number of aromatic nitrogens is 2. The number of nitrogens with one attached hydrogen (secondary N) is 1. The van der Waals surface area contributed by atoms with Gasteiger partial charge in [0.15, 0.2) is 0 Å². The van der Waals surface area contributed by atoms with E-state index in [0.717, 1.165) is 37.1 Å². The molecule has 0 radical (unpaired) electrons. The van der Waals surface area contributed by atoms with Crippen LogP contribution in [-0.4, -0.2) is 40.5 Å². The van der Waals surface area contributed by atoms with Crippen LogP contribution in [0.4, 0.5) is 15.9 Å². The first-order valence-electron chi connectivity index (χ1n) is 10.0. The van der Waals surface area contributed by atoms with Crippen LogP contribution >= 0.6 is 15.9 Å². The van der Waals surface area contributed by atoms with Gasteiger partial charge in [-0.15, -0.1) is 0 Å². The Bertz CT molecular complexity index is 1120. The van der Waals surface area contributed by atoms with Crippen LogP contribution in [0.1, 0.15) is 12.8 Å². The van der Waals surface area contributed by atoms with Gasteiger partial charge in [-0.3, -0.25) is 4.79 Å². The van der Waals surface area contributed by atoms with Gasteiger partial charge in [-0.2, -0.15) is 0 Å². The van der Waals surface area contributed by atoms with Crippen LogP contribution in [0.15, 0.2) is 59.9 Å². The molecule has 4 rings (SSSR count). The molecular formula is C23H22BrFN4O2. The second kappa shape index (κ2) is 9.43. The average molecular weight is 485 g/mol. The van der Waals surface area contributed by atoms with Crippen LogP contribution in [0.2, 0.25) is 0 Å². The van der Waals surface area contributed by atoms with Gasteiger partial charge in [0.25, 0.3) is 0 Å². The third kappa shape index (κ3) is 5.02. The van der Waals surface area contributed by atoms with E-state index in [9.17, 15) is 9.18 Å². The number of halogens is 2. The van der Waals surface area contributed by atoms with E-state index in [1.165, 1.54) is 18.5 Å². The van der Waals surface area contributed by atoms with Gasteiger partial charge >= 0.3 is 0 Å². The van der Waals surface area contributed by atoms with E-state index in [1.807, 2.05) is 23.1 Å². The Labute approximate surface area is 188 Å². The topological polar surface area (TPSA) is 67.3 Å². The average Bonchev–Trinajstić information content (AvgIpc) is 2.79. The number of rotatable bonds is 6. The summed E-state index contributed by atoms with van der Waals surface area (Å²) in [5, 5.41) is 3.81. The van der Waals surface area contributed by atoms with Crippen molar-refractivity contribution in [1.29, 1.82) is 0 Å². The van der Waals surface area contributed by atoms with Crippen molar-refractivity contribution in [2.24, 2.45) is 5.92 Å². The monoisotopic (exact) mass is 484 g/mol. The van der Waals surface area contributed by atoms with Crippen molar-refractivity contribution in [3.05, 3.63) is 65.7 Å². The van der Waals surface area contributed by atoms with E-state index in [1.54, 1.807) is 12.1 Å².